The maximum atomic E-state index is 12.4. The summed E-state index contributed by atoms with van der Waals surface area (Å²) in [5.74, 6) is 0.672. The minimum Gasteiger partial charge on any atom is -0.452 e. The van der Waals surface area contributed by atoms with E-state index in [4.69, 9.17) is 21.1 Å². The van der Waals surface area contributed by atoms with Gasteiger partial charge in [-0.1, -0.05) is 23.7 Å². The van der Waals surface area contributed by atoms with Crippen LogP contribution in [0, 0.1) is 0 Å². The average molecular weight is 344 g/mol. The van der Waals surface area contributed by atoms with Gasteiger partial charge in [0.1, 0.15) is 11.5 Å². The Kier molecular flexibility index (Phi) is 4.27. The molecule has 1 aliphatic rings. The Morgan fingerprint density at radius 3 is 2.54 bits per heavy atom. The predicted octanol–water partition coefficient (Wildman–Crippen LogP) is 4.02. The first-order chi connectivity index (χ1) is 11.4. The van der Waals surface area contributed by atoms with Gasteiger partial charge in [-0.2, -0.15) is 0 Å². The molecule has 0 unspecified atom stereocenters. The van der Waals surface area contributed by atoms with Gasteiger partial charge in [-0.15, -0.1) is 0 Å². The molecule has 1 heterocycles. The van der Waals surface area contributed by atoms with Crippen LogP contribution in [0.2, 0.25) is 5.02 Å². The number of fused-ring (bicyclic) bond motifs is 1. The molecule has 0 saturated carbocycles. The highest BCUT2D eigenvalue weighted by Gasteiger charge is 2.28. The predicted molar refractivity (Wildman–Crippen MR) is 90.5 cm³/mol. The molecule has 0 N–H and O–H groups in total. The van der Waals surface area contributed by atoms with E-state index in [0.717, 1.165) is 5.56 Å². The van der Waals surface area contributed by atoms with Crippen molar-refractivity contribution < 1.29 is 19.1 Å². The second-order valence-electron chi connectivity index (χ2n) is 5.41. The number of amides is 1. The number of Topliss-reactive ketones (excluding diaryl/α,β-unsaturated/α-hetero) is 1. The highest BCUT2D eigenvalue weighted by molar-refractivity contribution is 6.30. The van der Waals surface area contributed by atoms with Crippen molar-refractivity contribution in [3.63, 3.8) is 0 Å². The quantitative estimate of drug-likeness (QED) is 0.773. The molecule has 1 amide bonds. The van der Waals surface area contributed by atoms with Gasteiger partial charge >= 0.3 is 6.09 Å². The Balaban J connectivity index is 1.84. The van der Waals surface area contributed by atoms with Crippen molar-refractivity contribution in [2.24, 2.45) is 0 Å². The van der Waals surface area contributed by atoms with Crippen molar-refractivity contribution in [1.82, 2.24) is 4.90 Å². The first-order valence-electron chi connectivity index (χ1n) is 7.17. The molecule has 0 saturated heterocycles. The molecule has 24 heavy (non-hydrogen) atoms. The fraction of sp³-hybridized carbons (Fsp3) is 0.111. The molecule has 3 rings (SSSR count). The fourth-order valence-electron chi connectivity index (χ4n) is 2.13. The zero-order valence-electron chi connectivity index (χ0n) is 13.1. The topological polar surface area (TPSA) is 55.8 Å². The van der Waals surface area contributed by atoms with E-state index in [0.29, 0.717) is 22.1 Å². The van der Waals surface area contributed by atoms with Crippen LogP contribution < -0.4 is 9.47 Å². The molecule has 0 fully saturated rings. The van der Waals surface area contributed by atoms with Crippen LogP contribution in [0.3, 0.4) is 0 Å². The van der Waals surface area contributed by atoms with Crippen molar-refractivity contribution in [3.05, 3.63) is 64.4 Å². The normalized spacial score (nSPS) is 14.3. The molecule has 0 spiro atoms. The van der Waals surface area contributed by atoms with Crippen LogP contribution in [0.1, 0.15) is 15.9 Å². The number of ketones is 1. The number of halogens is 1. The van der Waals surface area contributed by atoms with E-state index >= 15 is 0 Å². The second kappa shape index (κ2) is 6.37. The molecular weight excluding hydrogens is 330 g/mol. The molecule has 0 bridgehead atoms. The molecule has 6 heteroatoms. The molecule has 2 aromatic rings. The highest BCUT2D eigenvalue weighted by Crippen LogP contribution is 2.35. The third-order valence-electron chi connectivity index (χ3n) is 3.38. The Hall–Kier alpha value is -2.79. The van der Waals surface area contributed by atoms with Gasteiger partial charge in [-0.3, -0.25) is 4.79 Å². The standard InChI is InChI=1S/C18H14ClNO4/c1-20(2)18(22)23-13-7-8-14-15(10-13)24-16(17(14)21)9-11-3-5-12(19)6-4-11/h3-10H,1-2H3. The summed E-state index contributed by atoms with van der Waals surface area (Å²) in [5.41, 5.74) is 1.23. The summed E-state index contributed by atoms with van der Waals surface area (Å²) in [6, 6.07) is 11.7. The van der Waals surface area contributed by atoms with Gasteiger partial charge in [0, 0.05) is 25.2 Å². The summed E-state index contributed by atoms with van der Waals surface area (Å²) < 4.78 is 10.8. The third kappa shape index (κ3) is 3.26. The second-order valence-corrected chi connectivity index (χ2v) is 5.85. The number of hydrogen-bond acceptors (Lipinski definition) is 4. The van der Waals surface area contributed by atoms with E-state index in [1.165, 1.54) is 11.0 Å². The van der Waals surface area contributed by atoms with Gasteiger partial charge in [0.25, 0.3) is 0 Å². The van der Waals surface area contributed by atoms with Crippen molar-refractivity contribution in [3.8, 4) is 11.5 Å². The first kappa shape index (κ1) is 16.1. The summed E-state index contributed by atoms with van der Waals surface area (Å²) in [7, 11) is 3.17. The maximum Gasteiger partial charge on any atom is 0.414 e. The van der Waals surface area contributed by atoms with Gasteiger partial charge in [0.05, 0.1) is 5.56 Å². The summed E-state index contributed by atoms with van der Waals surface area (Å²) in [4.78, 5) is 25.3. The number of carbonyl (C=O) groups is 2. The van der Waals surface area contributed by atoms with Crippen LogP contribution in [-0.2, 0) is 0 Å². The van der Waals surface area contributed by atoms with E-state index in [9.17, 15) is 9.59 Å². The van der Waals surface area contributed by atoms with E-state index < -0.39 is 6.09 Å². The molecule has 0 aromatic heterocycles. The number of ether oxygens (including phenoxy) is 2. The summed E-state index contributed by atoms with van der Waals surface area (Å²) in [5, 5.41) is 0.617. The van der Waals surface area contributed by atoms with Crippen LogP contribution in [-0.4, -0.2) is 30.9 Å². The highest BCUT2D eigenvalue weighted by atomic mass is 35.5. The number of hydrogen-bond donors (Lipinski definition) is 0. The minimum absolute atomic E-state index is 0.211. The monoisotopic (exact) mass is 343 g/mol. The number of nitrogens with zero attached hydrogens (tertiary/aromatic N) is 1. The molecule has 5 nitrogen and oxygen atoms in total. The van der Waals surface area contributed by atoms with Crippen LogP contribution in [0.25, 0.3) is 6.08 Å². The molecule has 2 aromatic carbocycles. The Labute approximate surface area is 144 Å². The Morgan fingerprint density at radius 2 is 1.88 bits per heavy atom. The molecule has 1 aliphatic heterocycles. The average Bonchev–Trinajstić information content (AvgIpc) is 2.85. The van der Waals surface area contributed by atoms with Gasteiger partial charge < -0.3 is 14.4 Å². The minimum atomic E-state index is -0.504. The lowest BCUT2D eigenvalue weighted by Gasteiger charge is -2.10. The van der Waals surface area contributed by atoms with Crippen molar-refractivity contribution >= 4 is 29.6 Å². The van der Waals surface area contributed by atoms with Gasteiger partial charge in [-0.05, 0) is 35.9 Å². The molecule has 122 valence electrons. The van der Waals surface area contributed by atoms with Gasteiger partial charge in [-0.25, -0.2) is 4.79 Å². The largest absolute Gasteiger partial charge is 0.452 e. The van der Waals surface area contributed by atoms with Crippen molar-refractivity contribution in [2.45, 2.75) is 0 Å². The molecule has 0 radical (unpaired) electrons. The Morgan fingerprint density at radius 1 is 1.17 bits per heavy atom. The fourth-order valence-corrected chi connectivity index (χ4v) is 2.26. The summed E-state index contributed by atoms with van der Waals surface area (Å²) in [6.07, 6.45) is 1.14. The lowest BCUT2D eigenvalue weighted by molar-refractivity contribution is 0.101. The van der Waals surface area contributed by atoms with Crippen LogP contribution in [0.5, 0.6) is 11.5 Å². The maximum absolute atomic E-state index is 12.4. The van der Waals surface area contributed by atoms with Crippen molar-refractivity contribution in [1.29, 1.82) is 0 Å². The Bertz CT molecular complexity index is 841. The van der Waals surface area contributed by atoms with E-state index in [2.05, 4.69) is 0 Å². The summed E-state index contributed by atoms with van der Waals surface area (Å²) >= 11 is 5.85. The van der Waals surface area contributed by atoms with Gasteiger partial charge in [0.2, 0.25) is 5.78 Å². The van der Waals surface area contributed by atoms with Crippen LogP contribution >= 0.6 is 11.6 Å². The SMILES string of the molecule is CN(C)C(=O)Oc1ccc2c(c1)OC(=Cc1ccc(Cl)cc1)C2=O. The number of rotatable bonds is 2. The van der Waals surface area contributed by atoms with E-state index in [1.54, 1.807) is 56.6 Å². The molecule has 0 atom stereocenters. The van der Waals surface area contributed by atoms with E-state index in [1.807, 2.05) is 0 Å². The van der Waals surface area contributed by atoms with Crippen molar-refractivity contribution in [2.75, 3.05) is 14.1 Å². The third-order valence-corrected chi connectivity index (χ3v) is 3.63. The van der Waals surface area contributed by atoms with Gasteiger partial charge in [0.15, 0.2) is 5.76 Å². The first-order valence-corrected chi connectivity index (χ1v) is 7.55. The molecule has 0 aliphatic carbocycles. The lowest BCUT2D eigenvalue weighted by atomic mass is 10.1. The molecular formula is C18H14ClNO4. The number of benzene rings is 2. The van der Waals surface area contributed by atoms with Crippen LogP contribution in [0.4, 0.5) is 4.79 Å². The number of allylic oxidation sites excluding steroid dienone is 1. The number of carbonyl (C=O) groups excluding carboxylic acids is 2. The smallest absolute Gasteiger partial charge is 0.414 e. The summed E-state index contributed by atoms with van der Waals surface area (Å²) in [6.45, 7) is 0. The zero-order chi connectivity index (χ0) is 17.3. The van der Waals surface area contributed by atoms with E-state index in [-0.39, 0.29) is 11.5 Å². The zero-order valence-corrected chi connectivity index (χ0v) is 13.8. The van der Waals surface area contributed by atoms with Crippen LogP contribution in [0.15, 0.2) is 48.2 Å². The lowest BCUT2D eigenvalue weighted by Crippen LogP contribution is -2.25.